The van der Waals surface area contributed by atoms with Crippen molar-refractivity contribution in [3.05, 3.63) is 34.8 Å². The van der Waals surface area contributed by atoms with E-state index in [1.54, 1.807) is 30.7 Å². The van der Waals surface area contributed by atoms with Crippen LogP contribution in [0.3, 0.4) is 0 Å². The summed E-state index contributed by atoms with van der Waals surface area (Å²) in [5.41, 5.74) is 0. The van der Waals surface area contributed by atoms with E-state index in [9.17, 15) is 8.42 Å². The summed E-state index contributed by atoms with van der Waals surface area (Å²) in [6, 6.07) is 4.27. The molecule has 0 amide bonds. The van der Waals surface area contributed by atoms with Gasteiger partial charge in [0.15, 0.2) is 0 Å². The molecule has 2 rings (SSSR count). The average Bonchev–Trinajstić information content (AvgIpc) is 2.84. The van der Waals surface area contributed by atoms with E-state index in [2.05, 4.69) is 30.8 Å². The summed E-state index contributed by atoms with van der Waals surface area (Å²) >= 11 is 3.26. The summed E-state index contributed by atoms with van der Waals surface area (Å²) in [6.45, 7) is 1.70. The van der Waals surface area contributed by atoms with Crippen LogP contribution in [0.4, 0.5) is 0 Å². The van der Waals surface area contributed by atoms with Crippen molar-refractivity contribution >= 4 is 26.0 Å². The first-order valence-corrected chi connectivity index (χ1v) is 8.32. The normalized spacial score (nSPS) is 13.1. The van der Waals surface area contributed by atoms with Crippen molar-refractivity contribution < 1.29 is 13.2 Å². The van der Waals surface area contributed by atoms with Gasteiger partial charge >= 0.3 is 0 Å². The van der Waals surface area contributed by atoms with E-state index >= 15 is 0 Å². The van der Waals surface area contributed by atoms with Gasteiger partial charge in [0.1, 0.15) is 22.8 Å². The molecule has 114 valence electrons. The van der Waals surface area contributed by atoms with Crippen LogP contribution in [0, 0.1) is 0 Å². The van der Waals surface area contributed by atoms with Crippen molar-refractivity contribution in [1.82, 2.24) is 19.5 Å². The summed E-state index contributed by atoms with van der Waals surface area (Å²) in [5, 5.41) is 7.64. The highest BCUT2D eigenvalue weighted by atomic mass is 79.9. The summed E-state index contributed by atoms with van der Waals surface area (Å²) in [6.07, 6.45) is 1.51. The molecule has 1 aromatic carbocycles. The van der Waals surface area contributed by atoms with Crippen LogP contribution >= 0.6 is 15.9 Å². The predicted molar refractivity (Wildman–Crippen MR) is 80.4 cm³/mol. The fraction of sp³-hybridized carbons (Fsp3) is 0.333. The lowest BCUT2D eigenvalue weighted by Gasteiger charge is -2.15. The van der Waals surface area contributed by atoms with Crippen molar-refractivity contribution in [2.45, 2.75) is 17.9 Å². The molecule has 0 bridgehead atoms. The van der Waals surface area contributed by atoms with Crippen molar-refractivity contribution in [3.8, 4) is 5.75 Å². The third-order valence-electron chi connectivity index (χ3n) is 2.88. The van der Waals surface area contributed by atoms with E-state index < -0.39 is 16.1 Å². The predicted octanol–water partition coefficient (Wildman–Crippen LogP) is 1.63. The van der Waals surface area contributed by atoms with Gasteiger partial charge in [0.25, 0.3) is 0 Å². The molecule has 0 aliphatic heterocycles. The molecule has 1 atom stereocenters. The quantitative estimate of drug-likeness (QED) is 0.859. The molecule has 7 nitrogen and oxygen atoms in total. The number of rotatable bonds is 5. The lowest BCUT2D eigenvalue weighted by Crippen LogP contribution is -2.29. The monoisotopic (exact) mass is 374 g/mol. The van der Waals surface area contributed by atoms with Crippen LogP contribution < -0.4 is 9.46 Å². The molecule has 0 fully saturated rings. The molecule has 0 radical (unpaired) electrons. The summed E-state index contributed by atoms with van der Waals surface area (Å²) < 4.78 is 35.0. The first-order valence-electron chi connectivity index (χ1n) is 6.05. The molecule has 21 heavy (non-hydrogen) atoms. The Bertz CT molecular complexity index is 745. The van der Waals surface area contributed by atoms with Crippen LogP contribution in [0.1, 0.15) is 18.8 Å². The van der Waals surface area contributed by atoms with Crippen LogP contribution in [-0.4, -0.2) is 30.3 Å². The number of nitrogens with one attached hydrogen (secondary N) is 1. The Labute approximate surface area is 131 Å². The molecule has 1 unspecified atom stereocenters. The molecule has 1 N–H and O–H groups in total. The Morgan fingerprint density at radius 2 is 2.14 bits per heavy atom. The molecule has 0 aliphatic carbocycles. The summed E-state index contributed by atoms with van der Waals surface area (Å²) in [7, 11) is -0.579. The highest BCUT2D eigenvalue weighted by Gasteiger charge is 2.24. The fourth-order valence-electron chi connectivity index (χ4n) is 1.89. The zero-order valence-electron chi connectivity index (χ0n) is 11.7. The zero-order valence-corrected chi connectivity index (χ0v) is 14.1. The van der Waals surface area contributed by atoms with E-state index in [1.165, 1.54) is 19.5 Å². The minimum atomic E-state index is -3.75. The lowest BCUT2D eigenvalue weighted by atomic mass is 10.3. The molecule has 1 heterocycles. The van der Waals surface area contributed by atoms with Crippen LogP contribution in [0.5, 0.6) is 5.75 Å². The number of sulfonamides is 1. The van der Waals surface area contributed by atoms with E-state index in [0.717, 1.165) is 0 Å². The maximum absolute atomic E-state index is 12.5. The Morgan fingerprint density at radius 3 is 2.71 bits per heavy atom. The van der Waals surface area contributed by atoms with E-state index in [0.29, 0.717) is 10.3 Å². The molecule has 0 aliphatic rings. The molecule has 0 saturated carbocycles. The smallest absolute Gasteiger partial charge is 0.244 e. The number of hydrogen-bond acceptors (Lipinski definition) is 5. The Balaban J connectivity index is 2.35. The van der Waals surface area contributed by atoms with Gasteiger partial charge in [0.2, 0.25) is 10.0 Å². The number of aryl methyl sites for hydroxylation is 1. The first-order chi connectivity index (χ1) is 9.85. The maximum atomic E-state index is 12.5. The molecule has 0 saturated heterocycles. The molecule has 1 aromatic heterocycles. The molecule has 0 spiro atoms. The van der Waals surface area contributed by atoms with Gasteiger partial charge in [-0.15, -0.1) is 10.2 Å². The van der Waals surface area contributed by atoms with Gasteiger partial charge in [-0.2, -0.15) is 0 Å². The standard InChI is InChI=1S/C12H15BrN4O3S/c1-8(12-15-14-7-17(12)2)16-21(18,19)11-6-9(13)4-5-10(11)20-3/h4-8,16H,1-3H3. The van der Waals surface area contributed by atoms with E-state index in [4.69, 9.17) is 4.74 Å². The Morgan fingerprint density at radius 1 is 1.43 bits per heavy atom. The highest BCUT2D eigenvalue weighted by molar-refractivity contribution is 9.10. The maximum Gasteiger partial charge on any atom is 0.244 e. The number of benzene rings is 1. The molecular formula is C12H15BrN4O3S. The number of ether oxygens (including phenoxy) is 1. The average molecular weight is 375 g/mol. The van der Waals surface area contributed by atoms with Crippen LogP contribution in [-0.2, 0) is 17.1 Å². The van der Waals surface area contributed by atoms with Crippen molar-refractivity contribution in [2.75, 3.05) is 7.11 Å². The van der Waals surface area contributed by atoms with Gasteiger partial charge in [-0.25, -0.2) is 13.1 Å². The van der Waals surface area contributed by atoms with Crippen LogP contribution in [0.15, 0.2) is 33.9 Å². The van der Waals surface area contributed by atoms with Crippen molar-refractivity contribution in [3.63, 3.8) is 0 Å². The summed E-state index contributed by atoms with van der Waals surface area (Å²) in [5.74, 6) is 0.795. The van der Waals surface area contributed by atoms with Crippen molar-refractivity contribution in [1.29, 1.82) is 0 Å². The van der Waals surface area contributed by atoms with Crippen molar-refractivity contribution in [2.24, 2.45) is 7.05 Å². The number of aromatic nitrogens is 3. The molecule has 9 heteroatoms. The van der Waals surface area contributed by atoms with E-state index in [-0.39, 0.29) is 10.6 Å². The minimum absolute atomic E-state index is 0.0633. The second kappa shape index (κ2) is 6.12. The fourth-order valence-corrected chi connectivity index (χ4v) is 3.80. The second-order valence-corrected chi connectivity index (χ2v) is 7.04. The number of hydrogen-bond donors (Lipinski definition) is 1. The number of methoxy groups -OCH3 is 1. The Kier molecular flexibility index (Phi) is 4.64. The van der Waals surface area contributed by atoms with Gasteiger partial charge in [-0.05, 0) is 25.1 Å². The van der Waals surface area contributed by atoms with Crippen LogP contribution in [0.25, 0.3) is 0 Å². The molecule has 2 aromatic rings. The topological polar surface area (TPSA) is 86.1 Å². The number of halogens is 1. The summed E-state index contributed by atoms with van der Waals surface area (Å²) in [4.78, 5) is 0.0633. The zero-order chi connectivity index (χ0) is 15.6. The lowest BCUT2D eigenvalue weighted by molar-refractivity contribution is 0.402. The van der Waals surface area contributed by atoms with Gasteiger partial charge in [0, 0.05) is 11.5 Å². The molecular weight excluding hydrogens is 360 g/mol. The van der Waals surface area contributed by atoms with Crippen LogP contribution in [0.2, 0.25) is 0 Å². The third kappa shape index (κ3) is 3.42. The minimum Gasteiger partial charge on any atom is -0.495 e. The SMILES string of the molecule is COc1ccc(Br)cc1S(=O)(=O)NC(C)c1nncn1C. The van der Waals surface area contributed by atoms with Gasteiger partial charge in [0.05, 0.1) is 13.2 Å². The van der Waals surface area contributed by atoms with E-state index in [1.807, 2.05) is 0 Å². The van der Waals surface area contributed by atoms with Gasteiger partial charge in [-0.3, -0.25) is 0 Å². The number of nitrogens with zero attached hydrogens (tertiary/aromatic N) is 3. The Hall–Kier alpha value is -1.45. The first kappa shape index (κ1) is 15.9. The van der Waals surface area contributed by atoms with Gasteiger partial charge < -0.3 is 9.30 Å². The van der Waals surface area contributed by atoms with Gasteiger partial charge in [-0.1, -0.05) is 15.9 Å². The third-order valence-corrected chi connectivity index (χ3v) is 4.94. The second-order valence-electron chi connectivity index (χ2n) is 4.44. The largest absolute Gasteiger partial charge is 0.495 e. The highest BCUT2D eigenvalue weighted by Crippen LogP contribution is 2.28.